The summed E-state index contributed by atoms with van der Waals surface area (Å²) >= 11 is 7.85. The number of hydrogen-bond donors (Lipinski definition) is 0. The van der Waals surface area contributed by atoms with Crippen molar-refractivity contribution < 1.29 is 14.0 Å². The van der Waals surface area contributed by atoms with Gasteiger partial charge in [-0.15, -0.1) is 0 Å². The van der Waals surface area contributed by atoms with E-state index in [1.54, 1.807) is 0 Å². The summed E-state index contributed by atoms with van der Waals surface area (Å²) in [5.41, 5.74) is 1.28. The second-order valence-electron chi connectivity index (χ2n) is 4.63. The number of carbonyl (C=O) groups excluding carboxylic acids is 2. The Morgan fingerprint density at radius 1 is 1.14 bits per heavy atom. The third kappa shape index (κ3) is 2.55. The highest BCUT2D eigenvalue weighted by Gasteiger charge is 2.36. The third-order valence-electron chi connectivity index (χ3n) is 3.27. The minimum atomic E-state index is -0.662. The van der Waals surface area contributed by atoms with Crippen molar-refractivity contribution in [2.24, 2.45) is 0 Å². The van der Waals surface area contributed by atoms with Crippen molar-refractivity contribution in [3.63, 3.8) is 0 Å². The van der Waals surface area contributed by atoms with Crippen LogP contribution < -0.4 is 4.90 Å². The number of nitrogens with zero attached hydrogens (tertiary/aromatic N) is 1. The minimum Gasteiger partial charge on any atom is -0.300 e. The normalized spacial score (nSPS) is 13.8. The molecule has 2 aromatic rings. The topological polar surface area (TPSA) is 37.4 Å². The molecule has 0 atom stereocenters. The molecule has 1 aliphatic heterocycles. The van der Waals surface area contributed by atoms with Crippen LogP contribution in [0.3, 0.4) is 0 Å². The fourth-order valence-corrected chi connectivity index (χ4v) is 2.74. The second-order valence-corrected chi connectivity index (χ2v) is 6.28. The van der Waals surface area contributed by atoms with Gasteiger partial charge >= 0.3 is 0 Å². The van der Waals surface area contributed by atoms with Gasteiger partial charge in [-0.3, -0.25) is 9.59 Å². The number of carbonyl (C=O) groups is 2. The van der Waals surface area contributed by atoms with Crippen molar-refractivity contribution in [3.05, 3.63) is 61.9 Å². The maximum atomic E-state index is 13.6. The quantitative estimate of drug-likeness (QED) is 0.552. The molecule has 0 fully saturated rings. The Labute approximate surface area is 138 Å². The summed E-state index contributed by atoms with van der Waals surface area (Å²) in [7, 11) is 0. The molecular weight excluding hydrogens is 408 g/mol. The molecule has 0 bridgehead atoms. The summed E-state index contributed by atoms with van der Waals surface area (Å²) < 4.78 is 14.7. The van der Waals surface area contributed by atoms with E-state index in [0.717, 1.165) is 15.2 Å². The zero-order chi connectivity index (χ0) is 15.1. The van der Waals surface area contributed by atoms with Gasteiger partial charge in [0.15, 0.2) is 0 Å². The standard InChI is InChI=1S/C15H8ClFINO2/c16-11-5-10-13(6-12(11)17)19(15(21)14(10)20)7-8-1-3-9(18)4-2-8/h1-6H,7H2. The first-order chi connectivity index (χ1) is 9.97. The first-order valence-electron chi connectivity index (χ1n) is 6.07. The second kappa shape index (κ2) is 5.38. The van der Waals surface area contributed by atoms with Crippen molar-refractivity contribution >= 4 is 51.6 Å². The van der Waals surface area contributed by atoms with E-state index < -0.39 is 17.5 Å². The predicted molar refractivity (Wildman–Crippen MR) is 86.1 cm³/mol. The summed E-state index contributed by atoms with van der Waals surface area (Å²) in [5, 5.41) is -0.161. The molecule has 0 radical (unpaired) electrons. The predicted octanol–water partition coefficient (Wildman–Crippen LogP) is 3.81. The number of amides is 1. The van der Waals surface area contributed by atoms with Crippen molar-refractivity contribution in [1.29, 1.82) is 0 Å². The van der Waals surface area contributed by atoms with Crippen molar-refractivity contribution in [1.82, 2.24) is 0 Å². The highest BCUT2D eigenvalue weighted by Crippen LogP contribution is 2.34. The van der Waals surface area contributed by atoms with Crippen molar-refractivity contribution in [2.75, 3.05) is 4.90 Å². The Bertz CT molecular complexity index is 761. The molecule has 21 heavy (non-hydrogen) atoms. The van der Waals surface area contributed by atoms with Crippen LogP contribution in [0.4, 0.5) is 10.1 Å². The number of hydrogen-bond acceptors (Lipinski definition) is 2. The van der Waals surface area contributed by atoms with Crippen LogP contribution in [0.1, 0.15) is 15.9 Å². The fourth-order valence-electron chi connectivity index (χ4n) is 2.22. The molecule has 0 spiro atoms. The molecule has 0 saturated carbocycles. The van der Waals surface area contributed by atoms with Crippen LogP contribution in [0.15, 0.2) is 36.4 Å². The lowest BCUT2D eigenvalue weighted by Crippen LogP contribution is -2.29. The Morgan fingerprint density at radius 3 is 2.48 bits per heavy atom. The summed E-state index contributed by atoms with van der Waals surface area (Å²) in [5.74, 6) is -1.96. The zero-order valence-corrected chi connectivity index (χ0v) is 13.5. The maximum Gasteiger partial charge on any atom is 0.299 e. The lowest BCUT2D eigenvalue weighted by molar-refractivity contribution is -0.114. The number of ketones is 1. The van der Waals surface area contributed by atoms with E-state index in [1.807, 2.05) is 24.3 Å². The first kappa shape index (κ1) is 14.5. The summed E-state index contributed by atoms with van der Waals surface area (Å²) in [6.07, 6.45) is 0. The number of benzene rings is 2. The lowest BCUT2D eigenvalue weighted by Gasteiger charge is -2.16. The molecule has 3 nitrogen and oxygen atoms in total. The maximum absolute atomic E-state index is 13.6. The van der Waals surface area contributed by atoms with Gasteiger partial charge in [0.25, 0.3) is 11.7 Å². The molecule has 1 aliphatic rings. The number of Topliss-reactive ketones (excluding diaryl/α,β-unsaturated/α-hetero) is 1. The van der Waals surface area contributed by atoms with E-state index in [2.05, 4.69) is 22.6 Å². The average Bonchev–Trinajstić information content (AvgIpc) is 2.67. The van der Waals surface area contributed by atoms with E-state index >= 15 is 0 Å². The van der Waals surface area contributed by atoms with E-state index in [1.165, 1.54) is 11.0 Å². The van der Waals surface area contributed by atoms with Gasteiger partial charge in [0.05, 0.1) is 22.8 Å². The average molecular weight is 416 g/mol. The summed E-state index contributed by atoms with van der Waals surface area (Å²) in [6, 6.07) is 9.88. The minimum absolute atomic E-state index is 0.150. The highest BCUT2D eigenvalue weighted by atomic mass is 127. The number of rotatable bonds is 2. The lowest BCUT2D eigenvalue weighted by atomic mass is 10.1. The van der Waals surface area contributed by atoms with Gasteiger partial charge < -0.3 is 4.90 Å². The van der Waals surface area contributed by atoms with Gasteiger partial charge in [0.2, 0.25) is 0 Å². The molecule has 0 N–H and O–H groups in total. The van der Waals surface area contributed by atoms with Crippen LogP contribution in [0.5, 0.6) is 0 Å². The van der Waals surface area contributed by atoms with E-state index in [4.69, 9.17) is 11.6 Å². The Balaban J connectivity index is 2.01. The van der Waals surface area contributed by atoms with Crippen molar-refractivity contribution in [3.8, 4) is 0 Å². The van der Waals surface area contributed by atoms with Gasteiger partial charge in [-0.2, -0.15) is 0 Å². The Morgan fingerprint density at radius 2 is 1.81 bits per heavy atom. The molecule has 0 unspecified atom stereocenters. The molecule has 6 heteroatoms. The van der Waals surface area contributed by atoms with E-state index in [0.29, 0.717) is 0 Å². The van der Waals surface area contributed by atoms with Crippen LogP contribution in [0.2, 0.25) is 5.02 Å². The van der Waals surface area contributed by atoms with Gasteiger partial charge in [0, 0.05) is 3.57 Å². The highest BCUT2D eigenvalue weighted by molar-refractivity contribution is 14.1. The SMILES string of the molecule is O=C1C(=O)N(Cc2ccc(I)cc2)c2cc(F)c(Cl)cc21. The molecule has 106 valence electrons. The van der Waals surface area contributed by atoms with Gasteiger partial charge in [-0.1, -0.05) is 23.7 Å². The monoisotopic (exact) mass is 415 g/mol. The molecule has 1 amide bonds. The Hall–Kier alpha value is -1.47. The van der Waals surface area contributed by atoms with Crippen LogP contribution in [-0.4, -0.2) is 11.7 Å². The zero-order valence-electron chi connectivity index (χ0n) is 10.6. The fraction of sp³-hybridized carbons (Fsp3) is 0.0667. The van der Waals surface area contributed by atoms with Crippen LogP contribution in [0.25, 0.3) is 0 Å². The summed E-state index contributed by atoms with van der Waals surface area (Å²) in [6.45, 7) is 0.218. The van der Waals surface area contributed by atoms with E-state index in [-0.39, 0.29) is 22.8 Å². The largest absolute Gasteiger partial charge is 0.300 e. The smallest absolute Gasteiger partial charge is 0.299 e. The number of halogens is 3. The van der Waals surface area contributed by atoms with E-state index in [9.17, 15) is 14.0 Å². The first-order valence-corrected chi connectivity index (χ1v) is 7.52. The molecule has 1 heterocycles. The molecule has 2 aromatic carbocycles. The molecule has 0 aromatic heterocycles. The van der Waals surface area contributed by atoms with Crippen molar-refractivity contribution in [2.45, 2.75) is 6.54 Å². The molecular formula is C15H8ClFINO2. The molecule has 0 saturated heterocycles. The van der Waals surface area contributed by atoms with Crippen LogP contribution in [-0.2, 0) is 11.3 Å². The third-order valence-corrected chi connectivity index (χ3v) is 4.28. The van der Waals surface area contributed by atoms with Gasteiger partial charge in [-0.05, 0) is 52.4 Å². The van der Waals surface area contributed by atoms with Gasteiger partial charge in [0.1, 0.15) is 5.82 Å². The number of anilines is 1. The number of fused-ring (bicyclic) bond motifs is 1. The van der Waals surface area contributed by atoms with Crippen LogP contribution >= 0.6 is 34.2 Å². The summed E-state index contributed by atoms with van der Waals surface area (Å²) in [4.78, 5) is 25.3. The Kier molecular flexibility index (Phi) is 3.71. The van der Waals surface area contributed by atoms with Gasteiger partial charge in [-0.25, -0.2) is 4.39 Å². The molecule has 0 aliphatic carbocycles. The van der Waals surface area contributed by atoms with Crippen LogP contribution in [0, 0.1) is 9.39 Å². The molecule has 3 rings (SSSR count).